The van der Waals surface area contributed by atoms with Crippen LogP contribution < -0.4 is 14.2 Å². The molecule has 106 valence electrons. The predicted molar refractivity (Wildman–Crippen MR) is 74.4 cm³/mol. The molecule has 0 saturated carbocycles. The number of pyridine rings is 1. The number of aliphatic hydroxyl groups excluding tert-OH is 1. The third kappa shape index (κ3) is 2.53. The molecule has 2 rings (SSSR count). The van der Waals surface area contributed by atoms with E-state index in [1.165, 1.54) is 7.11 Å². The van der Waals surface area contributed by atoms with Crippen LogP contribution in [0.25, 0.3) is 0 Å². The molecule has 0 saturated heterocycles. The van der Waals surface area contributed by atoms with Crippen molar-refractivity contribution in [1.82, 2.24) is 4.98 Å². The lowest BCUT2D eigenvalue weighted by Crippen LogP contribution is -2.07. The number of aliphatic hydroxyl groups is 1. The van der Waals surface area contributed by atoms with Crippen molar-refractivity contribution in [3.63, 3.8) is 0 Å². The minimum absolute atomic E-state index is 0.368. The number of hydrogen-bond acceptors (Lipinski definition) is 5. The van der Waals surface area contributed by atoms with Crippen molar-refractivity contribution in [2.24, 2.45) is 0 Å². The van der Waals surface area contributed by atoms with Crippen LogP contribution in [0.3, 0.4) is 0 Å². The van der Waals surface area contributed by atoms with Crippen LogP contribution in [0.1, 0.15) is 17.2 Å². The lowest BCUT2D eigenvalue weighted by Gasteiger charge is -2.19. The van der Waals surface area contributed by atoms with Crippen LogP contribution in [0.2, 0.25) is 0 Å². The van der Waals surface area contributed by atoms with Gasteiger partial charge in [-0.15, -0.1) is 0 Å². The molecule has 5 nitrogen and oxygen atoms in total. The first-order valence-corrected chi connectivity index (χ1v) is 6.10. The molecule has 1 unspecified atom stereocenters. The summed E-state index contributed by atoms with van der Waals surface area (Å²) < 4.78 is 15.8. The second kappa shape index (κ2) is 6.25. The first-order valence-electron chi connectivity index (χ1n) is 6.10. The van der Waals surface area contributed by atoms with Crippen LogP contribution in [-0.4, -0.2) is 31.4 Å². The van der Waals surface area contributed by atoms with Crippen LogP contribution in [0.4, 0.5) is 0 Å². The molecule has 1 aromatic carbocycles. The van der Waals surface area contributed by atoms with Gasteiger partial charge in [-0.05, 0) is 24.3 Å². The topological polar surface area (TPSA) is 60.8 Å². The number of ether oxygens (including phenoxy) is 3. The van der Waals surface area contributed by atoms with E-state index >= 15 is 0 Å². The third-order valence-corrected chi connectivity index (χ3v) is 3.03. The van der Waals surface area contributed by atoms with Gasteiger partial charge in [0, 0.05) is 11.8 Å². The number of methoxy groups -OCH3 is 3. The van der Waals surface area contributed by atoms with Crippen molar-refractivity contribution in [3.05, 3.63) is 47.7 Å². The van der Waals surface area contributed by atoms with Gasteiger partial charge in [-0.3, -0.25) is 0 Å². The minimum atomic E-state index is -0.954. The van der Waals surface area contributed by atoms with E-state index < -0.39 is 6.10 Å². The highest BCUT2D eigenvalue weighted by Crippen LogP contribution is 2.39. The summed E-state index contributed by atoms with van der Waals surface area (Å²) in [6.07, 6.45) is 0.652. The maximum Gasteiger partial charge on any atom is 0.219 e. The molecule has 1 heterocycles. The van der Waals surface area contributed by atoms with E-state index in [1.54, 1.807) is 50.7 Å². The van der Waals surface area contributed by atoms with E-state index in [2.05, 4.69) is 4.98 Å². The van der Waals surface area contributed by atoms with Gasteiger partial charge in [0.15, 0.2) is 0 Å². The number of rotatable bonds is 5. The van der Waals surface area contributed by atoms with Gasteiger partial charge in [0.2, 0.25) is 5.88 Å². The summed E-state index contributed by atoms with van der Waals surface area (Å²) in [5, 5.41) is 10.6. The largest absolute Gasteiger partial charge is 0.496 e. The molecular weight excluding hydrogens is 258 g/mol. The van der Waals surface area contributed by atoms with Crippen molar-refractivity contribution < 1.29 is 19.3 Å². The van der Waals surface area contributed by atoms with Crippen molar-refractivity contribution in [1.29, 1.82) is 0 Å². The average molecular weight is 275 g/mol. The van der Waals surface area contributed by atoms with E-state index in [1.807, 2.05) is 0 Å². The number of aromatic nitrogens is 1. The van der Waals surface area contributed by atoms with Gasteiger partial charge in [-0.1, -0.05) is 6.07 Å². The molecule has 0 spiro atoms. The summed E-state index contributed by atoms with van der Waals surface area (Å²) in [5.41, 5.74) is 1.10. The number of nitrogens with zero attached hydrogens (tertiary/aromatic N) is 1. The Balaban J connectivity index is 2.55. The molecule has 0 fully saturated rings. The summed E-state index contributed by atoms with van der Waals surface area (Å²) in [4.78, 5) is 4.09. The Kier molecular flexibility index (Phi) is 4.42. The van der Waals surface area contributed by atoms with E-state index in [0.717, 1.165) is 0 Å². The fourth-order valence-electron chi connectivity index (χ4n) is 2.09. The van der Waals surface area contributed by atoms with Crippen LogP contribution >= 0.6 is 0 Å². The lowest BCUT2D eigenvalue weighted by atomic mass is 10.0. The molecule has 5 heteroatoms. The lowest BCUT2D eigenvalue weighted by molar-refractivity contribution is 0.202. The normalized spacial score (nSPS) is 11.8. The maximum atomic E-state index is 10.6. The highest BCUT2D eigenvalue weighted by atomic mass is 16.5. The first kappa shape index (κ1) is 14.1. The fourth-order valence-corrected chi connectivity index (χ4v) is 2.09. The van der Waals surface area contributed by atoms with Crippen LogP contribution in [0, 0.1) is 0 Å². The van der Waals surface area contributed by atoms with Crippen molar-refractivity contribution in [3.8, 4) is 17.4 Å². The molecule has 1 atom stereocenters. The zero-order valence-corrected chi connectivity index (χ0v) is 11.7. The maximum absolute atomic E-state index is 10.6. The van der Waals surface area contributed by atoms with Crippen molar-refractivity contribution in [2.75, 3.05) is 21.3 Å². The monoisotopic (exact) mass is 275 g/mol. The Hall–Kier alpha value is -2.27. The Bertz CT molecular complexity index is 564. The van der Waals surface area contributed by atoms with Crippen LogP contribution in [0.5, 0.6) is 17.4 Å². The van der Waals surface area contributed by atoms with Gasteiger partial charge in [0.25, 0.3) is 0 Å². The number of hydrogen-bond donors (Lipinski definition) is 1. The Labute approximate surface area is 117 Å². The summed E-state index contributed by atoms with van der Waals surface area (Å²) in [7, 11) is 4.61. The molecule has 0 bridgehead atoms. The van der Waals surface area contributed by atoms with E-state index in [-0.39, 0.29) is 0 Å². The molecule has 0 aliphatic heterocycles. The van der Waals surface area contributed by atoms with Gasteiger partial charge in [-0.25, -0.2) is 4.98 Å². The van der Waals surface area contributed by atoms with E-state index in [9.17, 15) is 5.11 Å². The fraction of sp³-hybridized carbons (Fsp3) is 0.267. The second-order valence-corrected chi connectivity index (χ2v) is 4.08. The number of benzene rings is 1. The summed E-state index contributed by atoms with van der Waals surface area (Å²) in [5.74, 6) is 1.46. The van der Waals surface area contributed by atoms with E-state index in [4.69, 9.17) is 14.2 Å². The van der Waals surface area contributed by atoms with Gasteiger partial charge < -0.3 is 19.3 Å². The average Bonchev–Trinajstić information content (AvgIpc) is 2.53. The minimum Gasteiger partial charge on any atom is -0.496 e. The smallest absolute Gasteiger partial charge is 0.219 e. The SMILES string of the molecule is COc1cccc(OC)c1C(O)c1cccnc1OC. The molecule has 0 aliphatic rings. The molecule has 20 heavy (non-hydrogen) atoms. The summed E-state index contributed by atoms with van der Waals surface area (Å²) >= 11 is 0. The van der Waals surface area contributed by atoms with Gasteiger partial charge in [0.05, 0.1) is 26.9 Å². The predicted octanol–water partition coefficient (Wildman–Crippen LogP) is 2.19. The Morgan fingerprint density at radius 2 is 1.60 bits per heavy atom. The first-order chi connectivity index (χ1) is 9.72. The summed E-state index contributed by atoms with van der Waals surface area (Å²) in [6.45, 7) is 0. The summed E-state index contributed by atoms with van der Waals surface area (Å²) in [6, 6.07) is 8.83. The van der Waals surface area contributed by atoms with E-state index in [0.29, 0.717) is 28.5 Å². The second-order valence-electron chi connectivity index (χ2n) is 4.08. The Morgan fingerprint density at radius 3 is 2.15 bits per heavy atom. The van der Waals surface area contributed by atoms with Crippen molar-refractivity contribution in [2.45, 2.75) is 6.10 Å². The third-order valence-electron chi connectivity index (χ3n) is 3.03. The highest BCUT2D eigenvalue weighted by Gasteiger charge is 2.23. The van der Waals surface area contributed by atoms with Gasteiger partial charge in [0.1, 0.15) is 17.6 Å². The molecule has 0 radical (unpaired) electrons. The van der Waals surface area contributed by atoms with Gasteiger partial charge >= 0.3 is 0 Å². The molecule has 1 aromatic heterocycles. The molecule has 1 N–H and O–H groups in total. The zero-order valence-electron chi connectivity index (χ0n) is 11.7. The molecule has 0 amide bonds. The highest BCUT2D eigenvalue weighted by molar-refractivity contribution is 5.50. The Morgan fingerprint density at radius 1 is 0.950 bits per heavy atom. The quantitative estimate of drug-likeness (QED) is 0.906. The molecular formula is C15H17NO4. The van der Waals surface area contributed by atoms with Gasteiger partial charge in [-0.2, -0.15) is 0 Å². The van der Waals surface area contributed by atoms with Crippen LogP contribution in [0.15, 0.2) is 36.5 Å². The molecule has 0 aliphatic carbocycles. The van der Waals surface area contributed by atoms with Crippen LogP contribution in [-0.2, 0) is 0 Å². The standard InChI is InChI=1S/C15H17NO4/c1-18-11-7-4-8-12(19-2)13(11)14(17)10-6-5-9-16-15(10)20-3/h4-9,14,17H,1-3H3. The zero-order chi connectivity index (χ0) is 14.5. The molecule has 2 aromatic rings. The van der Waals surface area contributed by atoms with Crippen molar-refractivity contribution >= 4 is 0 Å².